The van der Waals surface area contributed by atoms with E-state index in [2.05, 4.69) is 24.7 Å². The summed E-state index contributed by atoms with van der Waals surface area (Å²) in [5, 5.41) is 6.55. The van der Waals surface area contributed by atoms with Gasteiger partial charge in [0, 0.05) is 18.8 Å². The molecule has 19 heavy (non-hydrogen) atoms. The smallest absolute Gasteiger partial charge is 0.264 e. The van der Waals surface area contributed by atoms with Gasteiger partial charge in [0.1, 0.15) is 17.0 Å². The van der Waals surface area contributed by atoms with Crippen molar-refractivity contribution in [1.29, 1.82) is 0 Å². The van der Waals surface area contributed by atoms with E-state index in [1.807, 2.05) is 6.92 Å². The standard InChI is InChI=1S/C11H14N4O3S/c1-2-6-12-10-4-3-9(8-13-10)19(16,17)15-11-5-7-18-14-11/h3-5,7-8H,2,6H2,1H3,(H,12,13)(H,14,15). The molecule has 0 bridgehead atoms. The Morgan fingerprint density at radius 2 is 2.11 bits per heavy atom. The summed E-state index contributed by atoms with van der Waals surface area (Å²) in [5.41, 5.74) is 0. The number of hydrogen-bond acceptors (Lipinski definition) is 6. The van der Waals surface area contributed by atoms with Crippen LogP contribution in [0.15, 0.2) is 40.1 Å². The van der Waals surface area contributed by atoms with Gasteiger partial charge in [0.05, 0.1) is 0 Å². The quantitative estimate of drug-likeness (QED) is 0.836. The first-order valence-electron chi connectivity index (χ1n) is 5.75. The van der Waals surface area contributed by atoms with Gasteiger partial charge in [-0.3, -0.25) is 4.72 Å². The van der Waals surface area contributed by atoms with Gasteiger partial charge in [0.2, 0.25) is 0 Å². The molecule has 0 aromatic carbocycles. The van der Waals surface area contributed by atoms with Gasteiger partial charge in [-0.1, -0.05) is 12.1 Å². The second-order valence-electron chi connectivity index (χ2n) is 3.80. The number of anilines is 2. The number of nitrogens with one attached hydrogen (secondary N) is 2. The van der Waals surface area contributed by atoms with Crippen molar-refractivity contribution in [2.45, 2.75) is 18.2 Å². The van der Waals surface area contributed by atoms with Gasteiger partial charge in [-0.25, -0.2) is 13.4 Å². The average Bonchev–Trinajstić information content (AvgIpc) is 2.89. The first-order chi connectivity index (χ1) is 9.12. The third-order valence-electron chi connectivity index (χ3n) is 2.28. The Balaban J connectivity index is 2.12. The summed E-state index contributed by atoms with van der Waals surface area (Å²) in [7, 11) is -3.68. The highest BCUT2D eigenvalue weighted by Crippen LogP contribution is 2.14. The molecule has 0 radical (unpaired) electrons. The highest BCUT2D eigenvalue weighted by atomic mass is 32.2. The highest BCUT2D eigenvalue weighted by molar-refractivity contribution is 7.92. The number of rotatable bonds is 6. The molecule has 0 aliphatic rings. The Kier molecular flexibility index (Phi) is 4.00. The van der Waals surface area contributed by atoms with E-state index < -0.39 is 10.0 Å². The van der Waals surface area contributed by atoms with Gasteiger partial charge in [0.15, 0.2) is 5.82 Å². The predicted molar refractivity (Wildman–Crippen MR) is 70.3 cm³/mol. The van der Waals surface area contributed by atoms with Crippen LogP contribution in [-0.2, 0) is 10.0 Å². The molecule has 0 saturated heterocycles. The Bertz CT molecular complexity index is 608. The number of aromatic nitrogens is 2. The lowest BCUT2D eigenvalue weighted by molar-refractivity contribution is 0.423. The molecule has 2 rings (SSSR count). The maximum absolute atomic E-state index is 12.0. The molecule has 2 N–H and O–H groups in total. The Morgan fingerprint density at radius 3 is 2.68 bits per heavy atom. The fourth-order valence-corrected chi connectivity index (χ4v) is 2.30. The van der Waals surface area contributed by atoms with E-state index in [4.69, 9.17) is 0 Å². The van der Waals surface area contributed by atoms with Crippen molar-refractivity contribution in [2.24, 2.45) is 0 Å². The van der Waals surface area contributed by atoms with Crippen molar-refractivity contribution in [3.05, 3.63) is 30.7 Å². The zero-order chi connectivity index (χ0) is 13.7. The number of sulfonamides is 1. The summed E-state index contributed by atoms with van der Waals surface area (Å²) in [6.45, 7) is 2.82. The Morgan fingerprint density at radius 1 is 1.26 bits per heavy atom. The monoisotopic (exact) mass is 282 g/mol. The third-order valence-corrected chi connectivity index (χ3v) is 3.62. The molecule has 0 aliphatic heterocycles. The molecule has 2 aromatic rings. The lowest BCUT2D eigenvalue weighted by Gasteiger charge is -2.06. The first kappa shape index (κ1) is 13.3. The summed E-state index contributed by atoms with van der Waals surface area (Å²) in [4.78, 5) is 4.10. The van der Waals surface area contributed by atoms with Crippen molar-refractivity contribution in [3.63, 3.8) is 0 Å². The number of pyridine rings is 1. The molecule has 7 nitrogen and oxygen atoms in total. The second-order valence-corrected chi connectivity index (χ2v) is 5.48. The topological polar surface area (TPSA) is 97.1 Å². The first-order valence-corrected chi connectivity index (χ1v) is 7.23. The molecule has 8 heteroatoms. The van der Waals surface area contributed by atoms with Crippen molar-refractivity contribution in [3.8, 4) is 0 Å². The average molecular weight is 282 g/mol. The van der Waals surface area contributed by atoms with E-state index in [-0.39, 0.29) is 10.7 Å². The van der Waals surface area contributed by atoms with Crippen LogP contribution in [0.3, 0.4) is 0 Å². The molecule has 0 saturated carbocycles. The van der Waals surface area contributed by atoms with Crippen LogP contribution in [0.25, 0.3) is 0 Å². The minimum atomic E-state index is -3.68. The van der Waals surface area contributed by atoms with E-state index >= 15 is 0 Å². The normalized spacial score (nSPS) is 11.2. The zero-order valence-corrected chi connectivity index (χ0v) is 11.1. The largest absolute Gasteiger partial charge is 0.370 e. The van der Waals surface area contributed by atoms with Gasteiger partial charge in [-0.15, -0.1) is 0 Å². The Labute approximate surface area is 111 Å². The van der Waals surface area contributed by atoms with Crippen LogP contribution in [0, 0.1) is 0 Å². The molecule has 0 amide bonds. The summed E-state index contributed by atoms with van der Waals surface area (Å²) < 4.78 is 30.8. The lowest BCUT2D eigenvalue weighted by Crippen LogP contribution is -2.13. The molecule has 0 spiro atoms. The van der Waals surface area contributed by atoms with E-state index in [0.29, 0.717) is 5.82 Å². The van der Waals surface area contributed by atoms with Gasteiger partial charge < -0.3 is 9.84 Å². The van der Waals surface area contributed by atoms with Crippen LogP contribution in [0.4, 0.5) is 11.6 Å². The maximum Gasteiger partial charge on any atom is 0.264 e. The molecule has 102 valence electrons. The molecule has 2 heterocycles. The fourth-order valence-electron chi connectivity index (χ4n) is 1.36. The van der Waals surface area contributed by atoms with Crippen molar-refractivity contribution >= 4 is 21.7 Å². The van der Waals surface area contributed by atoms with Crippen LogP contribution in [0.2, 0.25) is 0 Å². The summed E-state index contributed by atoms with van der Waals surface area (Å²) in [6.07, 6.45) is 3.55. The zero-order valence-electron chi connectivity index (χ0n) is 10.3. The SMILES string of the molecule is CCCNc1ccc(S(=O)(=O)Nc2ccon2)cn1. The van der Waals surface area contributed by atoms with Crippen LogP contribution in [0.1, 0.15) is 13.3 Å². The van der Waals surface area contributed by atoms with E-state index in [0.717, 1.165) is 13.0 Å². The van der Waals surface area contributed by atoms with Crippen LogP contribution >= 0.6 is 0 Å². The second kappa shape index (κ2) is 5.70. The number of nitrogens with zero attached hydrogens (tertiary/aromatic N) is 2. The van der Waals surface area contributed by atoms with E-state index in [1.54, 1.807) is 6.07 Å². The summed E-state index contributed by atoms with van der Waals surface area (Å²) in [6, 6.07) is 4.52. The highest BCUT2D eigenvalue weighted by Gasteiger charge is 2.15. The van der Waals surface area contributed by atoms with E-state index in [1.165, 1.54) is 24.6 Å². The number of hydrogen-bond donors (Lipinski definition) is 2. The molecule has 2 aromatic heterocycles. The molecule has 0 fully saturated rings. The van der Waals surface area contributed by atoms with Crippen molar-refractivity contribution in [1.82, 2.24) is 10.1 Å². The van der Waals surface area contributed by atoms with Crippen molar-refractivity contribution < 1.29 is 12.9 Å². The van der Waals surface area contributed by atoms with E-state index in [9.17, 15) is 8.42 Å². The van der Waals surface area contributed by atoms with Crippen LogP contribution < -0.4 is 10.0 Å². The molecule has 0 atom stereocenters. The molecular formula is C11H14N4O3S. The van der Waals surface area contributed by atoms with Gasteiger partial charge >= 0.3 is 0 Å². The van der Waals surface area contributed by atoms with Crippen molar-refractivity contribution in [2.75, 3.05) is 16.6 Å². The maximum atomic E-state index is 12.0. The van der Waals surface area contributed by atoms with Gasteiger partial charge in [0.25, 0.3) is 10.0 Å². The summed E-state index contributed by atoms with van der Waals surface area (Å²) in [5.74, 6) is 0.774. The Hall–Kier alpha value is -2.09. The van der Waals surface area contributed by atoms with Crippen LogP contribution in [0.5, 0.6) is 0 Å². The third kappa shape index (κ3) is 3.44. The molecule has 0 aliphatic carbocycles. The minimum absolute atomic E-state index is 0.0672. The predicted octanol–water partition coefficient (Wildman–Crippen LogP) is 1.69. The van der Waals surface area contributed by atoms with Crippen LogP contribution in [-0.4, -0.2) is 25.1 Å². The van der Waals surface area contributed by atoms with Gasteiger partial charge in [-0.05, 0) is 18.6 Å². The lowest BCUT2D eigenvalue weighted by atomic mass is 10.4. The minimum Gasteiger partial charge on any atom is -0.370 e. The molecular weight excluding hydrogens is 268 g/mol. The fraction of sp³-hybridized carbons (Fsp3) is 0.273. The molecule has 0 unspecified atom stereocenters. The summed E-state index contributed by atoms with van der Waals surface area (Å²) >= 11 is 0. The van der Waals surface area contributed by atoms with Gasteiger partial charge in [-0.2, -0.15) is 0 Å².